The molecule has 4 rings (SSSR count). The minimum atomic E-state index is 0.917. The molecule has 0 aliphatic rings. The summed E-state index contributed by atoms with van der Waals surface area (Å²) >= 11 is 0. The Morgan fingerprint density at radius 2 is 1.68 bits per heavy atom. The molecule has 0 aliphatic heterocycles. The molecule has 4 aromatic rings. The van der Waals surface area contributed by atoms with Gasteiger partial charge in [-0.05, 0) is 40.4 Å². The van der Waals surface area contributed by atoms with E-state index >= 15 is 0 Å². The maximum Gasteiger partial charge on any atom is 0.0499 e. The van der Waals surface area contributed by atoms with E-state index in [4.69, 9.17) is 0 Å². The summed E-state index contributed by atoms with van der Waals surface area (Å²) in [5.41, 5.74) is 3.86. The Morgan fingerprint density at radius 1 is 0.880 bits per heavy atom. The number of rotatable bonds is 5. The first kappa shape index (κ1) is 15.7. The monoisotopic (exact) mass is 326 g/mol. The van der Waals surface area contributed by atoms with E-state index in [2.05, 4.69) is 95.8 Å². The molecule has 0 bridgehead atoms. The number of para-hydroxylation sites is 1. The SMILES string of the molecule is CN(CC=Cc1cccc2ccccc12)Cc1cccc2cc[nH]c12. The fraction of sp³-hybridized carbons (Fsp3) is 0.130. The molecule has 0 radical (unpaired) electrons. The van der Waals surface area contributed by atoms with Gasteiger partial charge in [0.05, 0.1) is 0 Å². The van der Waals surface area contributed by atoms with Crippen molar-refractivity contribution >= 4 is 27.8 Å². The summed E-state index contributed by atoms with van der Waals surface area (Å²) in [6.07, 6.45) is 6.49. The van der Waals surface area contributed by atoms with E-state index < -0.39 is 0 Å². The molecule has 0 atom stereocenters. The van der Waals surface area contributed by atoms with Crippen molar-refractivity contribution in [2.45, 2.75) is 6.54 Å². The van der Waals surface area contributed by atoms with Crippen molar-refractivity contribution in [2.75, 3.05) is 13.6 Å². The first-order valence-electron chi connectivity index (χ1n) is 8.69. The summed E-state index contributed by atoms with van der Waals surface area (Å²) in [5.74, 6) is 0. The lowest BCUT2D eigenvalue weighted by Gasteiger charge is -2.15. The standard InChI is InChI=1S/C23H22N2/c1-25(17-21-11-5-10-20-14-15-24-23(20)21)16-6-12-19-9-4-8-18-7-2-3-13-22(18)19/h2-15,24H,16-17H2,1H3. The van der Waals surface area contributed by atoms with Gasteiger partial charge in [-0.1, -0.05) is 72.8 Å². The van der Waals surface area contributed by atoms with Crippen LogP contribution >= 0.6 is 0 Å². The van der Waals surface area contributed by atoms with Crippen LogP contribution in [0.5, 0.6) is 0 Å². The molecule has 2 heteroatoms. The number of aromatic nitrogens is 1. The molecular weight excluding hydrogens is 304 g/mol. The lowest BCUT2D eigenvalue weighted by molar-refractivity contribution is 0.365. The van der Waals surface area contributed by atoms with E-state index in [1.54, 1.807) is 0 Å². The zero-order valence-electron chi connectivity index (χ0n) is 14.4. The van der Waals surface area contributed by atoms with Gasteiger partial charge in [0.25, 0.3) is 0 Å². The zero-order chi connectivity index (χ0) is 17.1. The summed E-state index contributed by atoms with van der Waals surface area (Å²) in [6.45, 7) is 1.85. The Kier molecular flexibility index (Phi) is 4.36. The second-order valence-corrected chi connectivity index (χ2v) is 6.53. The predicted molar refractivity (Wildman–Crippen MR) is 108 cm³/mol. The maximum absolute atomic E-state index is 3.35. The van der Waals surface area contributed by atoms with Gasteiger partial charge in [-0.2, -0.15) is 0 Å². The highest BCUT2D eigenvalue weighted by molar-refractivity contribution is 5.90. The van der Waals surface area contributed by atoms with Crippen LogP contribution in [-0.2, 0) is 6.54 Å². The quantitative estimate of drug-likeness (QED) is 0.515. The molecule has 1 aromatic heterocycles. The van der Waals surface area contributed by atoms with Crippen molar-refractivity contribution in [3.8, 4) is 0 Å². The summed E-state index contributed by atoms with van der Waals surface area (Å²) < 4.78 is 0. The molecule has 25 heavy (non-hydrogen) atoms. The van der Waals surface area contributed by atoms with Gasteiger partial charge in [-0.3, -0.25) is 4.90 Å². The van der Waals surface area contributed by atoms with Crippen molar-refractivity contribution in [1.82, 2.24) is 9.88 Å². The van der Waals surface area contributed by atoms with Crippen LogP contribution in [0.25, 0.3) is 27.8 Å². The number of nitrogens with zero attached hydrogens (tertiary/aromatic N) is 1. The summed E-state index contributed by atoms with van der Waals surface area (Å²) in [7, 11) is 2.16. The maximum atomic E-state index is 3.35. The molecule has 1 N–H and O–H groups in total. The predicted octanol–water partition coefficient (Wildman–Crippen LogP) is 5.47. The van der Waals surface area contributed by atoms with E-state index in [1.807, 2.05) is 6.20 Å². The number of likely N-dealkylation sites (N-methyl/N-ethyl adjacent to an activating group) is 1. The molecule has 0 saturated carbocycles. The lowest BCUT2D eigenvalue weighted by atomic mass is 10.0. The van der Waals surface area contributed by atoms with Crippen molar-refractivity contribution in [3.05, 3.63) is 90.1 Å². The largest absolute Gasteiger partial charge is 0.361 e. The molecule has 0 spiro atoms. The van der Waals surface area contributed by atoms with Crippen LogP contribution in [-0.4, -0.2) is 23.5 Å². The van der Waals surface area contributed by atoms with Gasteiger partial charge in [0.15, 0.2) is 0 Å². The van der Waals surface area contributed by atoms with Crippen LogP contribution in [0.2, 0.25) is 0 Å². The normalized spacial score (nSPS) is 11.9. The smallest absolute Gasteiger partial charge is 0.0499 e. The Morgan fingerprint density at radius 3 is 2.64 bits per heavy atom. The van der Waals surface area contributed by atoms with Gasteiger partial charge in [-0.25, -0.2) is 0 Å². The fourth-order valence-electron chi connectivity index (χ4n) is 3.39. The Bertz CT molecular complexity index is 1020. The molecule has 0 unspecified atom stereocenters. The molecule has 0 aliphatic carbocycles. The third-order valence-electron chi connectivity index (χ3n) is 4.65. The highest BCUT2D eigenvalue weighted by Crippen LogP contribution is 2.20. The van der Waals surface area contributed by atoms with E-state index in [-0.39, 0.29) is 0 Å². The highest BCUT2D eigenvalue weighted by atomic mass is 15.1. The van der Waals surface area contributed by atoms with E-state index in [9.17, 15) is 0 Å². The van der Waals surface area contributed by atoms with Crippen LogP contribution in [0, 0.1) is 0 Å². The second kappa shape index (κ2) is 6.96. The zero-order valence-corrected chi connectivity index (χ0v) is 14.4. The van der Waals surface area contributed by atoms with Crippen LogP contribution in [0.3, 0.4) is 0 Å². The number of fused-ring (bicyclic) bond motifs is 2. The summed E-state index contributed by atoms with van der Waals surface area (Å²) in [5, 5.41) is 3.87. The first-order valence-corrected chi connectivity index (χ1v) is 8.69. The van der Waals surface area contributed by atoms with Gasteiger partial charge in [-0.15, -0.1) is 0 Å². The Labute approximate surface area is 148 Å². The van der Waals surface area contributed by atoms with E-state index in [0.717, 1.165) is 13.1 Å². The number of H-pyrrole nitrogens is 1. The van der Waals surface area contributed by atoms with E-state index in [1.165, 1.54) is 32.8 Å². The van der Waals surface area contributed by atoms with Gasteiger partial charge < -0.3 is 4.98 Å². The van der Waals surface area contributed by atoms with Crippen LogP contribution < -0.4 is 0 Å². The molecule has 0 amide bonds. The summed E-state index contributed by atoms with van der Waals surface area (Å²) in [4.78, 5) is 5.68. The molecular formula is C23H22N2. The number of hydrogen-bond acceptors (Lipinski definition) is 1. The average Bonchev–Trinajstić information content (AvgIpc) is 3.12. The van der Waals surface area contributed by atoms with Gasteiger partial charge in [0, 0.05) is 24.8 Å². The Hall–Kier alpha value is -2.84. The van der Waals surface area contributed by atoms with Crippen molar-refractivity contribution < 1.29 is 0 Å². The third kappa shape index (κ3) is 3.35. The molecule has 3 aromatic carbocycles. The molecule has 0 saturated heterocycles. The van der Waals surface area contributed by atoms with Gasteiger partial charge in [0.2, 0.25) is 0 Å². The average molecular weight is 326 g/mol. The number of nitrogens with one attached hydrogen (secondary N) is 1. The molecule has 0 fully saturated rings. The number of hydrogen-bond donors (Lipinski definition) is 1. The summed E-state index contributed by atoms with van der Waals surface area (Å²) in [6, 6.07) is 23.6. The highest BCUT2D eigenvalue weighted by Gasteiger charge is 2.04. The van der Waals surface area contributed by atoms with Gasteiger partial charge in [0.1, 0.15) is 0 Å². The van der Waals surface area contributed by atoms with Crippen molar-refractivity contribution in [2.24, 2.45) is 0 Å². The lowest BCUT2D eigenvalue weighted by Crippen LogP contribution is -2.17. The number of benzene rings is 3. The Balaban J connectivity index is 1.47. The van der Waals surface area contributed by atoms with Crippen LogP contribution in [0.1, 0.15) is 11.1 Å². The van der Waals surface area contributed by atoms with Gasteiger partial charge >= 0.3 is 0 Å². The minimum absolute atomic E-state index is 0.917. The topological polar surface area (TPSA) is 19.0 Å². The second-order valence-electron chi connectivity index (χ2n) is 6.53. The fourth-order valence-corrected chi connectivity index (χ4v) is 3.39. The number of aromatic amines is 1. The minimum Gasteiger partial charge on any atom is -0.361 e. The first-order chi connectivity index (χ1) is 12.3. The third-order valence-corrected chi connectivity index (χ3v) is 4.65. The van der Waals surface area contributed by atoms with Crippen molar-refractivity contribution in [3.63, 3.8) is 0 Å². The molecule has 124 valence electrons. The molecule has 2 nitrogen and oxygen atoms in total. The van der Waals surface area contributed by atoms with E-state index in [0.29, 0.717) is 0 Å². The molecule has 1 heterocycles. The van der Waals surface area contributed by atoms with Crippen LogP contribution in [0.15, 0.2) is 79.0 Å². The van der Waals surface area contributed by atoms with Crippen LogP contribution in [0.4, 0.5) is 0 Å². The van der Waals surface area contributed by atoms with Crippen molar-refractivity contribution in [1.29, 1.82) is 0 Å².